The zero-order chi connectivity index (χ0) is 14.7. The van der Waals surface area contributed by atoms with Gasteiger partial charge in [0.05, 0.1) is 13.2 Å². The molecule has 0 aromatic heterocycles. The smallest absolute Gasteiger partial charge is 0.128 e. The number of ether oxygens (including phenoxy) is 3. The van der Waals surface area contributed by atoms with Crippen LogP contribution in [0.25, 0.3) is 0 Å². The fraction of sp³-hybridized carbons (Fsp3) is 0.625. The van der Waals surface area contributed by atoms with Crippen LogP contribution in [0.4, 0.5) is 0 Å². The molecule has 4 heteroatoms. The number of benzene rings is 1. The number of aryl methyl sites for hydroxylation is 2. The van der Waals surface area contributed by atoms with Crippen LogP contribution in [-0.4, -0.2) is 38.6 Å². The molecular weight excluding hydrogens is 254 g/mol. The molecule has 2 N–H and O–H groups in total. The van der Waals surface area contributed by atoms with Gasteiger partial charge in [-0.15, -0.1) is 0 Å². The van der Waals surface area contributed by atoms with Gasteiger partial charge >= 0.3 is 0 Å². The lowest BCUT2D eigenvalue weighted by Crippen LogP contribution is -2.59. The fourth-order valence-electron chi connectivity index (χ4n) is 2.49. The van der Waals surface area contributed by atoms with Crippen molar-refractivity contribution < 1.29 is 14.2 Å². The van der Waals surface area contributed by atoms with Gasteiger partial charge in [-0.3, -0.25) is 0 Å². The van der Waals surface area contributed by atoms with E-state index in [9.17, 15) is 0 Å². The first-order valence-electron chi connectivity index (χ1n) is 7.14. The second-order valence-electron chi connectivity index (χ2n) is 5.54. The maximum absolute atomic E-state index is 6.16. The molecule has 1 aromatic carbocycles. The topological polar surface area (TPSA) is 53.7 Å². The highest BCUT2D eigenvalue weighted by molar-refractivity contribution is 5.44. The molecule has 1 aliphatic rings. The van der Waals surface area contributed by atoms with Crippen LogP contribution in [0, 0.1) is 20.8 Å². The molecule has 0 saturated heterocycles. The summed E-state index contributed by atoms with van der Waals surface area (Å²) in [6, 6.07) is 4.27. The SMILES string of the molecule is COCCOC1C(N)CC1Oc1c(C)ccc(C)c1C. The Morgan fingerprint density at radius 1 is 1.15 bits per heavy atom. The molecule has 0 radical (unpaired) electrons. The van der Waals surface area contributed by atoms with Crippen LogP contribution in [0.1, 0.15) is 23.1 Å². The molecular formula is C16H25NO3. The van der Waals surface area contributed by atoms with Crippen LogP contribution in [0.3, 0.4) is 0 Å². The minimum Gasteiger partial charge on any atom is -0.487 e. The maximum Gasteiger partial charge on any atom is 0.128 e. The van der Waals surface area contributed by atoms with Crippen LogP contribution in [-0.2, 0) is 9.47 Å². The van der Waals surface area contributed by atoms with Gasteiger partial charge < -0.3 is 19.9 Å². The van der Waals surface area contributed by atoms with E-state index >= 15 is 0 Å². The van der Waals surface area contributed by atoms with E-state index < -0.39 is 0 Å². The van der Waals surface area contributed by atoms with Crippen molar-refractivity contribution in [1.29, 1.82) is 0 Å². The van der Waals surface area contributed by atoms with Gasteiger partial charge in [-0.1, -0.05) is 12.1 Å². The largest absolute Gasteiger partial charge is 0.487 e. The molecule has 1 saturated carbocycles. The Morgan fingerprint density at radius 2 is 1.85 bits per heavy atom. The Bertz CT molecular complexity index is 461. The summed E-state index contributed by atoms with van der Waals surface area (Å²) in [6.45, 7) is 7.40. The predicted molar refractivity (Wildman–Crippen MR) is 79.3 cm³/mol. The summed E-state index contributed by atoms with van der Waals surface area (Å²) < 4.78 is 16.9. The van der Waals surface area contributed by atoms with Crippen molar-refractivity contribution in [1.82, 2.24) is 0 Å². The average molecular weight is 279 g/mol. The second kappa shape index (κ2) is 6.57. The molecule has 1 aromatic rings. The number of hydrogen-bond donors (Lipinski definition) is 1. The molecule has 0 aliphatic heterocycles. The van der Waals surface area contributed by atoms with Gasteiger partial charge in [0.15, 0.2) is 0 Å². The minimum atomic E-state index is -0.0375. The first-order chi connectivity index (χ1) is 9.54. The van der Waals surface area contributed by atoms with Gasteiger partial charge in [-0.05, 0) is 37.5 Å². The van der Waals surface area contributed by atoms with E-state index in [0.29, 0.717) is 13.2 Å². The van der Waals surface area contributed by atoms with E-state index in [2.05, 4.69) is 32.9 Å². The Morgan fingerprint density at radius 3 is 2.50 bits per heavy atom. The third-order valence-electron chi connectivity index (χ3n) is 4.03. The zero-order valence-corrected chi connectivity index (χ0v) is 12.8. The molecule has 1 fully saturated rings. The predicted octanol–water partition coefficient (Wildman–Crippen LogP) is 2.12. The molecule has 0 spiro atoms. The van der Waals surface area contributed by atoms with Crippen LogP contribution in [0.15, 0.2) is 12.1 Å². The Labute approximate surface area is 121 Å². The number of nitrogens with two attached hydrogens (primary N) is 1. The molecule has 4 nitrogen and oxygen atoms in total. The summed E-state index contributed by atoms with van der Waals surface area (Å²) in [5.41, 5.74) is 9.60. The van der Waals surface area contributed by atoms with E-state index in [4.69, 9.17) is 19.9 Å². The minimum absolute atomic E-state index is 0.0375. The van der Waals surface area contributed by atoms with Crippen molar-refractivity contribution in [2.24, 2.45) is 5.73 Å². The lowest BCUT2D eigenvalue weighted by molar-refractivity contribution is -0.107. The quantitative estimate of drug-likeness (QED) is 0.810. The molecule has 1 aliphatic carbocycles. The van der Waals surface area contributed by atoms with Crippen LogP contribution < -0.4 is 10.5 Å². The molecule has 20 heavy (non-hydrogen) atoms. The Kier molecular flexibility index (Phi) is 5.02. The van der Waals surface area contributed by atoms with E-state index in [-0.39, 0.29) is 18.2 Å². The van der Waals surface area contributed by atoms with E-state index in [1.807, 2.05) is 0 Å². The summed E-state index contributed by atoms with van der Waals surface area (Å²) >= 11 is 0. The normalized spacial score (nSPS) is 25.4. The summed E-state index contributed by atoms with van der Waals surface area (Å²) in [6.07, 6.45) is 0.843. The molecule has 2 rings (SSSR count). The summed E-state index contributed by atoms with van der Waals surface area (Å²) in [7, 11) is 1.66. The highest BCUT2D eigenvalue weighted by Crippen LogP contribution is 2.32. The molecule has 0 heterocycles. The molecule has 0 amide bonds. The van der Waals surface area contributed by atoms with E-state index in [0.717, 1.165) is 17.7 Å². The first kappa shape index (κ1) is 15.3. The highest BCUT2D eigenvalue weighted by Gasteiger charge is 2.42. The Hall–Kier alpha value is -1.10. The van der Waals surface area contributed by atoms with Crippen LogP contribution in [0.5, 0.6) is 5.75 Å². The lowest BCUT2D eigenvalue weighted by atomic mass is 9.86. The third-order valence-corrected chi connectivity index (χ3v) is 4.03. The molecule has 3 atom stereocenters. The summed E-state index contributed by atoms with van der Waals surface area (Å²) in [5, 5.41) is 0. The van der Waals surface area contributed by atoms with Crippen LogP contribution >= 0.6 is 0 Å². The summed E-state index contributed by atoms with van der Waals surface area (Å²) in [4.78, 5) is 0. The fourth-order valence-corrected chi connectivity index (χ4v) is 2.49. The van der Waals surface area contributed by atoms with Crippen LogP contribution in [0.2, 0.25) is 0 Å². The standard InChI is InChI=1S/C16H25NO3/c1-10-5-6-11(2)15(12(10)3)20-14-9-13(17)16(14)19-8-7-18-4/h5-6,13-14,16H,7-9,17H2,1-4H3. The van der Waals surface area contributed by atoms with E-state index in [1.165, 1.54) is 11.1 Å². The van der Waals surface area contributed by atoms with Crippen molar-refractivity contribution in [3.8, 4) is 5.75 Å². The van der Waals surface area contributed by atoms with Gasteiger partial charge in [-0.25, -0.2) is 0 Å². The molecule has 112 valence electrons. The van der Waals surface area contributed by atoms with Crippen molar-refractivity contribution in [3.05, 3.63) is 28.8 Å². The Balaban J connectivity index is 2.01. The van der Waals surface area contributed by atoms with Crippen molar-refractivity contribution in [3.63, 3.8) is 0 Å². The number of hydrogen-bond acceptors (Lipinski definition) is 4. The second-order valence-corrected chi connectivity index (χ2v) is 5.54. The van der Waals surface area contributed by atoms with Gasteiger partial charge in [-0.2, -0.15) is 0 Å². The number of rotatable bonds is 6. The first-order valence-corrected chi connectivity index (χ1v) is 7.14. The van der Waals surface area contributed by atoms with Gasteiger partial charge in [0, 0.05) is 19.6 Å². The third kappa shape index (κ3) is 3.14. The van der Waals surface area contributed by atoms with Gasteiger partial charge in [0.1, 0.15) is 18.0 Å². The maximum atomic E-state index is 6.16. The summed E-state index contributed by atoms with van der Waals surface area (Å²) in [5.74, 6) is 0.974. The van der Waals surface area contributed by atoms with Gasteiger partial charge in [0.2, 0.25) is 0 Å². The monoisotopic (exact) mass is 279 g/mol. The van der Waals surface area contributed by atoms with Gasteiger partial charge in [0.25, 0.3) is 0 Å². The molecule has 3 unspecified atom stereocenters. The van der Waals surface area contributed by atoms with Crippen molar-refractivity contribution >= 4 is 0 Å². The lowest BCUT2D eigenvalue weighted by Gasteiger charge is -2.42. The highest BCUT2D eigenvalue weighted by atomic mass is 16.6. The zero-order valence-electron chi connectivity index (χ0n) is 12.8. The van der Waals surface area contributed by atoms with E-state index in [1.54, 1.807) is 7.11 Å². The number of methoxy groups -OCH3 is 1. The van der Waals surface area contributed by atoms with Crippen molar-refractivity contribution in [2.75, 3.05) is 20.3 Å². The average Bonchev–Trinajstić information content (AvgIpc) is 2.42. The van der Waals surface area contributed by atoms with Crippen molar-refractivity contribution in [2.45, 2.75) is 45.4 Å². The molecule has 0 bridgehead atoms.